The van der Waals surface area contributed by atoms with Gasteiger partial charge in [-0.3, -0.25) is 0 Å². The Morgan fingerprint density at radius 2 is 1.96 bits per heavy atom. The van der Waals surface area contributed by atoms with E-state index in [1.165, 1.54) is 44.9 Å². The smallest absolute Gasteiger partial charge is 0.358 e. The van der Waals surface area contributed by atoms with Crippen molar-refractivity contribution in [2.75, 3.05) is 6.61 Å². The van der Waals surface area contributed by atoms with Gasteiger partial charge in [0.15, 0.2) is 11.3 Å². The molecular formula is C23H33N3O2. The predicted octanol–water partition coefficient (Wildman–Crippen LogP) is 5.18. The van der Waals surface area contributed by atoms with Gasteiger partial charge in [0.25, 0.3) is 0 Å². The van der Waals surface area contributed by atoms with Gasteiger partial charge >= 0.3 is 5.97 Å². The van der Waals surface area contributed by atoms with Crippen LogP contribution in [0.15, 0.2) is 12.1 Å². The number of nitrogens with zero attached hydrogens (tertiary/aromatic N) is 3. The van der Waals surface area contributed by atoms with E-state index in [0.717, 1.165) is 41.2 Å². The van der Waals surface area contributed by atoms with Crippen LogP contribution in [0, 0.1) is 17.8 Å². The molecule has 2 aliphatic rings. The molecule has 0 spiro atoms. The molecule has 0 saturated heterocycles. The van der Waals surface area contributed by atoms with Gasteiger partial charge in [0.2, 0.25) is 0 Å². The second kappa shape index (κ2) is 8.22. The van der Waals surface area contributed by atoms with E-state index in [4.69, 9.17) is 9.72 Å². The summed E-state index contributed by atoms with van der Waals surface area (Å²) >= 11 is 0. The maximum atomic E-state index is 12.1. The van der Waals surface area contributed by atoms with Gasteiger partial charge in [-0.15, -0.1) is 0 Å². The average molecular weight is 384 g/mol. The van der Waals surface area contributed by atoms with Crippen LogP contribution in [0.1, 0.15) is 93.5 Å². The molecule has 4 rings (SSSR count). The number of carbonyl (C=O) groups excluding carboxylic acids is 1. The zero-order valence-electron chi connectivity index (χ0n) is 17.5. The van der Waals surface area contributed by atoms with Gasteiger partial charge in [0, 0.05) is 17.5 Å². The summed E-state index contributed by atoms with van der Waals surface area (Å²) in [4.78, 5) is 17.0. The first-order valence-corrected chi connectivity index (χ1v) is 11.1. The standard InChI is InChI=1S/C23H33N3O2/c1-4-28-23(27)20-14-22-24-19(13-21(15(2)3)26(22)25-20)12-16-9-10-17-7-5-6-8-18(17)11-16/h13-18H,4-12H2,1-3H3. The molecule has 2 fully saturated rings. The van der Waals surface area contributed by atoms with Crippen LogP contribution in [-0.4, -0.2) is 27.2 Å². The molecule has 2 heterocycles. The molecule has 2 aromatic rings. The molecule has 0 amide bonds. The molecule has 152 valence electrons. The third-order valence-electron chi connectivity index (χ3n) is 6.73. The van der Waals surface area contributed by atoms with Gasteiger partial charge in [0.1, 0.15) is 0 Å². The number of esters is 1. The maximum Gasteiger partial charge on any atom is 0.358 e. The Kier molecular flexibility index (Phi) is 5.70. The minimum absolute atomic E-state index is 0.313. The summed E-state index contributed by atoms with van der Waals surface area (Å²) in [6, 6.07) is 3.97. The molecule has 3 atom stereocenters. The van der Waals surface area contributed by atoms with Crippen LogP contribution in [0.25, 0.3) is 5.65 Å². The van der Waals surface area contributed by atoms with E-state index in [-0.39, 0.29) is 5.97 Å². The fraction of sp³-hybridized carbons (Fsp3) is 0.696. The molecule has 3 unspecified atom stereocenters. The van der Waals surface area contributed by atoms with Crippen LogP contribution < -0.4 is 0 Å². The van der Waals surface area contributed by atoms with E-state index in [1.54, 1.807) is 6.07 Å². The Bertz CT molecular complexity index is 842. The maximum absolute atomic E-state index is 12.1. The monoisotopic (exact) mass is 383 g/mol. The second-order valence-corrected chi connectivity index (χ2v) is 9.03. The molecule has 2 saturated carbocycles. The van der Waals surface area contributed by atoms with Gasteiger partial charge in [-0.2, -0.15) is 5.10 Å². The number of hydrogen-bond acceptors (Lipinski definition) is 4. The third-order valence-corrected chi connectivity index (χ3v) is 6.73. The topological polar surface area (TPSA) is 56.5 Å². The quantitative estimate of drug-likeness (QED) is 0.668. The summed E-state index contributed by atoms with van der Waals surface area (Å²) in [6.07, 6.45) is 10.9. The highest BCUT2D eigenvalue weighted by molar-refractivity contribution is 5.88. The van der Waals surface area contributed by atoms with Crippen molar-refractivity contribution < 1.29 is 9.53 Å². The van der Waals surface area contributed by atoms with Gasteiger partial charge in [-0.25, -0.2) is 14.3 Å². The summed E-state index contributed by atoms with van der Waals surface area (Å²) in [5.41, 5.74) is 3.36. The van der Waals surface area contributed by atoms with Gasteiger partial charge in [-0.1, -0.05) is 39.5 Å². The van der Waals surface area contributed by atoms with E-state index >= 15 is 0 Å². The third kappa shape index (κ3) is 3.94. The highest BCUT2D eigenvalue weighted by Gasteiger charge is 2.32. The zero-order valence-corrected chi connectivity index (χ0v) is 17.5. The molecule has 0 bridgehead atoms. The second-order valence-electron chi connectivity index (χ2n) is 9.03. The Morgan fingerprint density at radius 3 is 2.71 bits per heavy atom. The first-order valence-electron chi connectivity index (χ1n) is 11.1. The Hall–Kier alpha value is -1.91. The van der Waals surface area contributed by atoms with Crippen LogP contribution in [0.2, 0.25) is 0 Å². The van der Waals surface area contributed by atoms with E-state index in [1.807, 2.05) is 11.4 Å². The molecule has 0 aromatic carbocycles. The predicted molar refractivity (Wildman–Crippen MR) is 110 cm³/mol. The van der Waals surface area contributed by atoms with Crippen molar-refractivity contribution in [2.45, 2.75) is 78.1 Å². The van der Waals surface area contributed by atoms with Crippen molar-refractivity contribution in [3.05, 3.63) is 29.2 Å². The van der Waals surface area contributed by atoms with Gasteiger partial charge < -0.3 is 4.74 Å². The lowest BCUT2D eigenvalue weighted by Gasteiger charge is -2.39. The van der Waals surface area contributed by atoms with Crippen molar-refractivity contribution in [1.82, 2.24) is 14.6 Å². The van der Waals surface area contributed by atoms with Crippen LogP contribution in [0.4, 0.5) is 0 Å². The SMILES string of the molecule is CCOC(=O)c1cc2nc(CC3CCC4CCCCC4C3)cc(C(C)C)n2n1. The lowest BCUT2D eigenvalue weighted by atomic mass is 9.67. The first-order chi connectivity index (χ1) is 13.5. The van der Waals surface area contributed by atoms with E-state index in [2.05, 4.69) is 25.0 Å². The minimum Gasteiger partial charge on any atom is -0.461 e. The normalized spacial score (nSPS) is 25.1. The molecule has 5 nitrogen and oxygen atoms in total. The number of carbonyl (C=O) groups is 1. The van der Waals surface area contributed by atoms with Crippen LogP contribution in [0.3, 0.4) is 0 Å². The van der Waals surface area contributed by atoms with Crippen LogP contribution in [-0.2, 0) is 11.2 Å². The van der Waals surface area contributed by atoms with E-state index < -0.39 is 0 Å². The highest BCUT2D eigenvalue weighted by Crippen LogP contribution is 2.43. The van der Waals surface area contributed by atoms with E-state index in [9.17, 15) is 4.79 Å². The largest absolute Gasteiger partial charge is 0.461 e. The van der Waals surface area contributed by atoms with E-state index in [0.29, 0.717) is 18.2 Å². The lowest BCUT2D eigenvalue weighted by molar-refractivity contribution is 0.0519. The van der Waals surface area contributed by atoms with Crippen LogP contribution >= 0.6 is 0 Å². The van der Waals surface area contributed by atoms with Crippen molar-refractivity contribution in [3.8, 4) is 0 Å². The van der Waals surface area contributed by atoms with Crippen molar-refractivity contribution >= 4 is 11.6 Å². The Labute approximate surface area is 167 Å². The highest BCUT2D eigenvalue weighted by atomic mass is 16.5. The lowest BCUT2D eigenvalue weighted by Crippen LogP contribution is -2.28. The number of hydrogen-bond donors (Lipinski definition) is 0. The molecule has 0 N–H and O–H groups in total. The molecular weight excluding hydrogens is 350 g/mol. The summed E-state index contributed by atoms with van der Waals surface area (Å²) in [6.45, 7) is 6.49. The molecule has 0 aliphatic heterocycles. The Morgan fingerprint density at radius 1 is 1.18 bits per heavy atom. The first kappa shape index (κ1) is 19.4. The number of rotatable bonds is 5. The molecule has 2 aromatic heterocycles. The minimum atomic E-state index is -0.375. The van der Waals surface area contributed by atoms with Crippen molar-refractivity contribution in [1.29, 1.82) is 0 Å². The fourth-order valence-electron chi connectivity index (χ4n) is 5.32. The summed E-state index contributed by atoms with van der Waals surface area (Å²) in [5.74, 6) is 2.59. The van der Waals surface area contributed by atoms with Crippen LogP contribution in [0.5, 0.6) is 0 Å². The van der Waals surface area contributed by atoms with Gasteiger partial charge in [-0.05, 0) is 62.3 Å². The van der Waals surface area contributed by atoms with Crippen molar-refractivity contribution in [2.24, 2.45) is 17.8 Å². The number of ether oxygens (including phenoxy) is 1. The molecule has 5 heteroatoms. The van der Waals surface area contributed by atoms with Gasteiger partial charge in [0.05, 0.1) is 6.61 Å². The number of fused-ring (bicyclic) bond motifs is 2. The molecule has 0 radical (unpaired) electrons. The fourth-order valence-corrected chi connectivity index (χ4v) is 5.32. The summed E-state index contributed by atoms with van der Waals surface area (Å²) in [7, 11) is 0. The molecule has 2 aliphatic carbocycles. The zero-order chi connectivity index (χ0) is 19.7. The Balaban J connectivity index is 1.57. The summed E-state index contributed by atoms with van der Waals surface area (Å²) < 4.78 is 6.94. The summed E-state index contributed by atoms with van der Waals surface area (Å²) in [5, 5.41) is 4.47. The molecule has 28 heavy (non-hydrogen) atoms. The number of aromatic nitrogens is 3. The average Bonchev–Trinajstić information content (AvgIpc) is 3.11. The van der Waals surface area contributed by atoms with Crippen molar-refractivity contribution in [3.63, 3.8) is 0 Å².